The summed E-state index contributed by atoms with van der Waals surface area (Å²) in [4.78, 5) is 16.1. The predicted molar refractivity (Wildman–Crippen MR) is 110 cm³/mol. The van der Waals surface area contributed by atoms with E-state index in [0.717, 1.165) is 55.4 Å². The van der Waals surface area contributed by atoms with Crippen LogP contribution in [0.1, 0.15) is 18.4 Å². The Morgan fingerprint density at radius 3 is 2.50 bits per heavy atom. The van der Waals surface area contributed by atoms with Crippen LogP contribution in [-0.2, 0) is 11.3 Å². The highest BCUT2D eigenvalue weighted by molar-refractivity contribution is 5.59. The molecule has 0 amide bonds. The minimum Gasteiger partial charge on any atom is -0.381 e. The van der Waals surface area contributed by atoms with Crippen LogP contribution in [0.25, 0.3) is 22.8 Å². The lowest BCUT2D eigenvalue weighted by atomic mass is 9.88. The van der Waals surface area contributed by atoms with Crippen molar-refractivity contribution >= 4 is 0 Å². The fourth-order valence-electron chi connectivity index (χ4n) is 3.89. The molecule has 0 unspecified atom stereocenters. The van der Waals surface area contributed by atoms with Crippen molar-refractivity contribution in [3.05, 3.63) is 54.6 Å². The summed E-state index contributed by atoms with van der Waals surface area (Å²) in [7, 11) is 4.31. The molecule has 2 aromatic heterocycles. The van der Waals surface area contributed by atoms with Gasteiger partial charge >= 0.3 is 0 Å². The van der Waals surface area contributed by atoms with Crippen molar-refractivity contribution in [2.45, 2.75) is 31.8 Å². The Bertz CT molecular complexity index is 926. The third-order valence-corrected chi connectivity index (χ3v) is 5.74. The molecule has 3 aromatic rings. The summed E-state index contributed by atoms with van der Waals surface area (Å²) in [6.07, 6.45) is 9.67. The van der Waals surface area contributed by atoms with Gasteiger partial charge in [-0.2, -0.15) is 0 Å². The molecule has 0 bridgehead atoms. The second-order valence-electron chi connectivity index (χ2n) is 7.77. The van der Waals surface area contributed by atoms with Gasteiger partial charge in [0.25, 0.3) is 0 Å². The van der Waals surface area contributed by atoms with Gasteiger partial charge in [0.2, 0.25) is 0 Å². The number of rotatable bonds is 5. The molecule has 1 aromatic carbocycles. The molecule has 6 heteroatoms. The molecule has 0 N–H and O–H groups in total. The Balaban J connectivity index is 1.60. The lowest BCUT2D eigenvalue weighted by Crippen LogP contribution is -2.51. The highest BCUT2D eigenvalue weighted by Crippen LogP contribution is 2.30. The summed E-state index contributed by atoms with van der Waals surface area (Å²) in [6, 6.07) is 8.24. The zero-order valence-electron chi connectivity index (χ0n) is 16.8. The number of aryl methyl sites for hydroxylation is 1. The lowest BCUT2D eigenvalue weighted by Gasteiger charge is -2.43. The van der Waals surface area contributed by atoms with Crippen molar-refractivity contribution in [3.63, 3.8) is 0 Å². The predicted octanol–water partition coefficient (Wildman–Crippen LogP) is 3.43. The van der Waals surface area contributed by atoms with E-state index in [-0.39, 0.29) is 5.54 Å². The molecule has 0 saturated carbocycles. The molecular weight excluding hydrogens is 350 g/mol. The van der Waals surface area contributed by atoms with Gasteiger partial charge in [-0.3, -0.25) is 0 Å². The first-order chi connectivity index (χ1) is 13.6. The van der Waals surface area contributed by atoms with Crippen LogP contribution in [0.5, 0.6) is 0 Å². The summed E-state index contributed by atoms with van der Waals surface area (Å²) < 4.78 is 7.82. The van der Waals surface area contributed by atoms with Gasteiger partial charge in [-0.1, -0.05) is 23.8 Å². The van der Waals surface area contributed by atoms with Crippen LogP contribution in [0.3, 0.4) is 0 Å². The van der Waals surface area contributed by atoms with E-state index < -0.39 is 0 Å². The fraction of sp³-hybridized carbons (Fsp3) is 0.409. The fourth-order valence-corrected chi connectivity index (χ4v) is 3.89. The third-order valence-electron chi connectivity index (χ3n) is 5.74. The van der Waals surface area contributed by atoms with E-state index in [1.54, 1.807) is 0 Å². The Morgan fingerprint density at radius 2 is 1.82 bits per heavy atom. The first kappa shape index (κ1) is 18.8. The van der Waals surface area contributed by atoms with Gasteiger partial charge < -0.3 is 14.2 Å². The molecule has 3 heterocycles. The standard InChI is InChI=1S/C22H27N5O/c1-17-5-4-6-18(13-17)20-24-14-19(15-25-20)21-23-9-10-27(21)16-22(26(2)3)7-11-28-12-8-22/h4-6,9-10,13-15H,7-8,11-12,16H2,1-3H3. The molecule has 0 aliphatic carbocycles. The van der Waals surface area contributed by atoms with E-state index in [4.69, 9.17) is 4.74 Å². The average Bonchev–Trinajstić information content (AvgIpc) is 3.16. The maximum atomic E-state index is 5.60. The number of ether oxygens (including phenoxy) is 1. The number of imidazole rings is 1. The number of nitrogens with zero attached hydrogens (tertiary/aromatic N) is 5. The third kappa shape index (κ3) is 3.70. The van der Waals surface area contributed by atoms with Crippen molar-refractivity contribution in [2.24, 2.45) is 0 Å². The van der Waals surface area contributed by atoms with Crippen molar-refractivity contribution in [1.29, 1.82) is 0 Å². The molecule has 0 atom stereocenters. The summed E-state index contributed by atoms with van der Waals surface area (Å²) in [5.74, 6) is 1.64. The highest BCUT2D eigenvalue weighted by Gasteiger charge is 2.35. The van der Waals surface area contributed by atoms with E-state index >= 15 is 0 Å². The van der Waals surface area contributed by atoms with Crippen molar-refractivity contribution in [2.75, 3.05) is 27.3 Å². The molecule has 0 radical (unpaired) electrons. The lowest BCUT2D eigenvalue weighted by molar-refractivity contribution is -0.0163. The number of hydrogen-bond donors (Lipinski definition) is 0. The van der Waals surface area contributed by atoms with Crippen LogP contribution in [-0.4, -0.2) is 57.3 Å². The molecule has 1 saturated heterocycles. The number of hydrogen-bond acceptors (Lipinski definition) is 5. The van der Waals surface area contributed by atoms with Crippen LogP contribution < -0.4 is 0 Å². The van der Waals surface area contributed by atoms with Gasteiger partial charge in [0.1, 0.15) is 5.82 Å². The summed E-state index contributed by atoms with van der Waals surface area (Å²) in [5.41, 5.74) is 3.24. The normalized spacial score (nSPS) is 16.4. The topological polar surface area (TPSA) is 56.1 Å². The first-order valence-corrected chi connectivity index (χ1v) is 9.73. The zero-order chi connectivity index (χ0) is 19.6. The summed E-state index contributed by atoms with van der Waals surface area (Å²) >= 11 is 0. The second kappa shape index (κ2) is 7.81. The molecular formula is C22H27N5O. The maximum Gasteiger partial charge on any atom is 0.159 e. The minimum atomic E-state index is 0.0794. The highest BCUT2D eigenvalue weighted by atomic mass is 16.5. The van der Waals surface area contributed by atoms with Gasteiger partial charge in [-0.25, -0.2) is 15.0 Å². The molecule has 1 aliphatic heterocycles. The smallest absolute Gasteiger partial charge is 0.159 e. The number of aromatic nitrogens is 4. The van der Waals surface area contributed by atoms with E-state index in [1.807, 2.05) is 36.9 Å². The monoisotopic (exact) mass is 377 g/mol. The molecule has 146 valence electrons. The van der Waals surface area contributed by atoms with Crippen LogP contribution in [0.15, 0.2) is 49.1 Å². The van der Waals surface area contributed by atoms with Gasteiger partial charge in [0.15, 0.2) is 5.82 Å². The SMILES string of the molecule is Cc1cccc(-c2ncc(-c3nccn3CC3(N(C)C)CCOCC3)cn2)c1. The van der Waals surface area contributed by atoms with Gasteiger partial charge in [-0.15, -0.1) is 0 Å². The van der Waals surface area contributed by atoms with Crippen molar-refractivity contribution in [1.82, 2.24) is 24.4 Å². The average molecular weight is 377 g/mol. The van der Waals surface area contributed by atoms with Crippen molar-refractivity contribution in [3.8, 4) is 22.8 Å². The van der Waals surface area contributed by atoms with E-state index in [2.05, 4.69) is 57.6 Å². The molecule has 0 spiro atoms. The number of benzene rings is 1. The molecule has 1 aliphatic rings. The quantitative estimate of drug-likeness (QED) is 0.682. The Hall–Kier alpha value is -2.57. The Kier molecular flexibility index (Phi) is 5.24. The van der Waals surface area contributed by atoms with Crippen LogP contribution in [0.4, 0.5) is 0 Å². The van der Waals surface area contributed by atoms with E-state index in [9.17, 15) is 0 Å². The maximum absolute atomic E-state index is 5.60. The van der Waals surface area contributed by atoms with Crippen LogP contribution >= 0.6 is 0 Å². The van der Waals surface area contributed by atoms with Crippen LogP contribution in [0.2, 0.25) is 0 Å². The summed E-state index contributed by atoms with van der Waals surface area (Å²) in [6.45, 7) is 4.55. The van der Waals surface area contributed by atoms with Gasteiger partial charge in [0, 0.05) is 55.6 Å². The Morgan fingerprint density at radius 1 is 1.07 bits per heavy atom. The largest absolute Gasteiger partial charge is 0.381 e. The number of likely N-dealkylation sites (N-methyl/N-ethyl adjacent to an activating group) is 1. The van der Waals surface area contributed by atoms with Gasteiger partial charge in [0.05, 0.1) is 5.56 Å². The Labute approximate surface area is 166 Å². The summed E-state index contributed by atoms with van der Waals surface area (Å²) in [5, 5.41) is 0. The first-order valence-electron chi connectivity index (χ1n) is 9.73. The second-order valence-corrected chi connectivity index (χ2v) is 7.77. The van der Waals surface area contributed by atoms with E-state index in [0.29, 0.717) is 0 Å². The van der Waals surface area contributed by atoms with Crippen LogP contribution in [0, 0.1) is 6.92 Å². The van der Waals surface area contributed by atoms with Gasteiger partial charge in [-0.05, 0) is 39.9 Å². The van der Waals surface area contributed by atoms with E-state index in [1.165, 1.54) is 5.56 Å². The molecule has 1 fully saturated rings. The molecule has 4 rings (SSSR count). The van der Waals surface area contributed by atoms with Crippen molar-refractivity contribution < 1.29 is 4.74 Å². The molecule has 6 nitrogen and oxygen atoms in total. The minimum absolute atomic E-state index is 0.0794. The molecule has 28 heavy (non-hydrogen) atoms. The zero-order valence-corrected chi connectivity index (χ0v) is 16.8.